The molecule has 2 fully saturated rings. The molecule has 0 radical (unpaired) electrons. The summed E-state index contributed by atoms with van der Waals surface area (Å²) in [7, 11) is -3.49. The third kappa shape index (κ3) is 3.31. The molecule has 1 heterocycles. The number of aliphatic hydroxyl groups is 1. The molecule has 6 heteroatoms. The summed E-state index contributed by atoms with van der Waals surface area (Å²) in [6.45, 7) is 4.94. The first-order chi connectivity index (χ1) is 10.9. The van der Waals surface area contributed by atoms with Crippen LogP contribution in [0.4, 0.5) is 0 Å². The normalized spacial score (nSPS) is 26.1. The smallest absolute Gasteiger partial charge is 0.282 e. The van der Waals surface area contributed by atoms with Crippen molar-refractivity contribution < 1.29 is 13.5 Å². The molecule has 0 unspecified atom stereocenters. The topological polar surface area (TPSA) is 60.9 Å². The van der Waals surface area contributed by atoms with Gasteiger partial charge < -0.3 is 5.11 Å². The zero-order valence-corrected chi connectivity index (χ0v) is 14.7. The number of benzene rings is 1. The van der Waals surface area contributed by atoms with Gasteiger partial charge in [0.25, 0.3) is 10.2 Å². The second-order valence-electron chi connectivity index (χ2n) is 6.79. The molecular weight excluding hydrogens is 312 g/mol. The monoisotopic (exact) mass is 338 g/mol. The minimum Gasteiger partial charge on any atom is -0.387 e. The van der Waals surface area contributed by atoms with Crippen LogP contribution < -0.4 is 0 Å². The van der Waals surface area contributed by atoms with Gasteiger partial charge in [-0.1, -0.05) is 36.8 Å². The van der Waals surface area contributed by atoms with Gasteiger partial charge in [0.05, 0.1) is 6.10 Å². The number of fused-ring (bicyclic) bond motifs is 2. The van der Waals surface area contributed by atoms with Gasteiger partial charge in [-0.05, 0) is 37.7 Å². The number of piperidine rings is 1. The number of hydrogen-bond acceptors (Lipinski definition) is 3. The van der Waals surface area contributed by atoms with Crippen molar-refractivity contribution in [3.63, 3.8) is 0 Å². The maximum Gasteiger partial charge on any atom is 0.282 e. The van der Waals surface area contributed by atoms with Crippen LogP contribution in [0.2, 0.25) is 0 Å². The van der Waals surface area contributed by atoms with Gasteiger partial charge in [-0.15, -0.1) is 0 Å². The quantitative estimate of drug-likeness (QED) is 0.864. The van der Waals surface area contributed by atoms with E-state index in [1.54, 1.807) is 4.31 Å². The van der Waals surface area contributed by atoms with Crippen LogP contribution in [-0.2, 0) is 10.2 Å². The first-order valence-corrected chi connectivity index (χ1v) is 9.83. The van der Waals surface area contributed by atoms with Gasteiger partial charge in [0.2, 0.25) is 0 Å². The third-order valence-corrected chi connectivity index (χ3v) is 7.27. The standard InChI is InChI=1S/C17H26N2O3S/c1-3-18(12-17(20)15-7-4-13(2)5-8-15)23(21,22)19-11-14-6-9-16(19)10-14/h4-5,7-8,14,16-17,20H,3,6,9-12H2,1-2H3/t14-,16-,17+/m0/s1. The molecular formula is C17H26N2O3S. The van der Waals surface area contributed by atoms with Gasteiger partial charge in [0.15, 0.2) is 0 Å². The first kappa shape index (κ1) is 16.9. The van der Waals surface area contributed by atoms with E-state index in [9.17, 15) is 13.5 Å². The van der Waals surface area contributed by atoms with Crippen molar-refractivity contribution in [2.24, 2.45) is 5.92 Å². The van der Waals surface area contributed by atoms with E-state index in [1.807, 2.05) is 38.1 Å². The minimum absolute atomic E-state index is 0.107. The summed E-state index contributed by atoms with van der Waals surface area (Å²) in [5, 5.41) is 10.4. The Morgan fingerprint density at radius 2 is 2.00 bits per heavy atom. The lowest BCUT2D eigenvalue weighted by Crippen LogP contribution is -2.48. The predicted molar refractivity (Wildman–Crippen MR) is 90.1 cm³/mol. The number of likely N-dealkylation sites (N-methyl/N-ethyl adjacent to an activating group) is 1. The maximum absolute atomic E-state index is 12.9. The van der Waals surface area contributed by atoms with Crippen LogP contribution in [0.15, 0.2) is 24.3 Å². The number of aliphatic hydroxyl groups excluding tert-OH is 1. The van der Waals surface area contributed by atoms with E-state index >= 15 is 0 Å². The van der Waals surface area contributed by atoms with Gasteiger partial charge >= 0.3 is 0 Å². The zero-order valence-electron chi connectivity index (χ0n) is 13.9. The van der Waals surface area contributed by atoms with Crippen molar-refractivity contribution >= 4 is 10.2 Å². The van der Waals surface area contributed by atoms with E-state index in [2.05, 4.69) is 0 Å². The number of hydrogen-bond donors (Lipinski definition) is 1. The van der Waals surface area contributed by atoms with E-state index in [4.69, 9.17) is 0 Å². The fraction of sp³-hybridized carbons (Fsp3) is 0.647. The molecule has 0 aromatic heterocycles. The lowest BCUT2D eigenvalue weighted by Gasteiger charge is -2.32. The molecule has 1 aromatic carbocycles. The molecule has 1 aliphatic carbocycles. The molecule has 1 aliphatic heterocycles. The van der Waals surface area contributed by atoms with E-state index in [-0.39, 0.29) is 12.6 Å². The maximum atomic E-state index is 12.9. The van der Waals surface area contributed by atoms with Crippen LogP contribution in [0.3, 0.4) is 0 Å². The molecule has 1 saturated heterocycles. The van der Waals surface area contributed by atoms with Gasteiger partial charge in [0, 0.05) is 25.7 Å². The van der Waals surface area contributed by atoms with Crippen molar-refractivity contribution in [3.05, 3.63) is 35.4 Å². The van der Waals surface area contributed by atoms with Crippen LogP contribution in [0, 0.1) is 12.8 Å². The molecule has 2 aliphatic rings. The fourth-order valence-corrected chi connectivity index (χ4v) is 5.70. The predicted octanol–water partition coefficient (Wildman–Crippen LogP) is 2.08. The molecule has 0 amide bonds. The third-order valence-electron chi connectivity index (χ3n) is 5.17. The molecule has 0 spiro atoms. The van der Waals surface area contributed by atoms with Crippen molar-refractivity contribution in [1.82, 2.24) is 8.61 Å². The lowest BCUT2D eigenvalue weighted by molar-refractivity contribution is 0.144. The summed E-state index contributed by atoms with van der Waals surface area (Å²) >= 11 is 0. The molecule has 23 heavy (non-hydrogen) atoms. The number of nitrogens with zero attached hydrogens (tertiary/aromatic N) is 2. The van der Waals surface area contributed by atoms with E-state index in [0.29, 0.717) is 19.0 Å². The summed E-state index contributed by atoms with van der Waals surface area (Å²) < 4.78 is 28.9. The molecule has 128 valence electrons. The summed E-state index contributed by atoms with van der Waals surface area (Å²) in [4.78, 5) is 0. The highest BCUT2D eigenvalue weighted by atomic mass is 32.2. The highest BCUT2D eigenvalue weighted by molar-refractivity contribution is 7.86. The molecule has 3 atom stereocenters. The average molecular weight is 338 g/mol. The van der Waals surface area contributed by atoms with Gasteiger partial charge in [-0.3, -0.25) is 0 Å². The fourth-order valence-electron chi connectivity index (χ4n) is 3.78. The summed E-state index contributed by atoms with van der Waals surface area (Å²) in [5.41, 5.74) is 1.88. The van der Waals surface area contributed by atoms with Crippen LogP contribution in [0.1, 0.15) is 43.4 Å². The van der Waals surface area contributed by atoms with E-state index in [0.717, 1.165) is 30.4 Å². The molecule has 1 saturated carbocycles. The summed E-state index contributed by atoms with van der Waals surface area (Å²) in [5.74, 6) is 0.524. The highest BCUT2D eigenvalue weighted by Gasteiger charge is 2.45. The van der Waals surface area contributed by atoms with Gasteiger partial charge in [0.1, 0.15) is 0 Å². The zero-order chi connectivity index (χ0) is 16.6. The Labute approximate surface area is 139 Å². The SMILES string of the molecule is CCN(C[C@@H](O)c1ccc(C)cc1)S(=O)(=O)N1C[C@H]2CC[C@H]1C2. The number of aryl methyl sites for hydroxylation is 1. The minimum atomic E-state index is -3.49. The highest BCUT2D eigenvalue weighted by Crippen LogP contribution is 2.39. The molecule has 1 N–H and O–H groups in total. The Kier molecular flexibility index (Phi) is 4.78. The largest absolute Gasteiger partial charge is 0.387 e. The van der Waals surface area contributed by atoms with Gasteiger partial charge in [-0.2, -0.15) is 17.0 Å². The average Bonchev–Trinajstić information content (AvgIpc) is 3.16. The van der Waals surface area contributed by atoms with Crippen LogP contribution in [-0.4, -0.2) is 47.8 Å². The Morgan fingerprint density at radius 1 is 1.30 bits per heavy atom. The Bertz CT molecular complexity index is 644. The lowest BCUT2D eigenvalue weighted by atomic mass is 10.1. The van der Waals surface area contributed by atoms with Crippen LogP contribution in [0.5, 0.6) is 0 Å². The van der Waals surface area contributed by atoms with Crippen LogP contribution >= 0.6 is 0 Å². The number of rotatable bonds is 6. The van der Waals surface area contributed by atoms with E-state index < -0.39 is 16.3 Å². The first-order valence-electron chi connectivity index (χ1n) is 8.43. The summed E-state index contributed by atoms with van der Waals surface area (Å²) in [6.07, 6.45) is 2.32. The second-order valence-corrected chi connectivity index (χ2v) is 8.67. The van der Waals surface area contributed by atoms with Crippen molar-refractivity contribution in [3.8, 4) is 0 Å². The molecule has 1 aromatic rings. The Balaban J connectivity index is 1.72. The van der Waals surface area contributed by atoms with Crippen molar-refractivity contribution in [2.45, 2.75) is 45.3 Å². The van der Waals surface area contributed by atoms with Crippen LogP contribution in [0.25, 0.3) is 0 Å². The Morgan fingerprint density at radius 3 is 2.52 bits per heavy atom. The Hall–Kier alpha value is -0.950. The van der Waals surface area contributed by atoms with Gasteiger partial charge in [-0.25, -0.2) is 0 Å². The van der Waals surface area contributed by atoms with Crippen molar-refractivity contribution in [1.29, 1.82) is 0 Å². The second kappa shape index (κ2) is 6.51. The molecule has 3 rings (SSSR count). The molecule has 2 bridgehead atoms. The van der Waals surface area contributed by atoms with E-state index in [1.165, 1.54) is 4.31 Å². The van der Waals surface area contributed by atoms with Crippen molar-refractivity contribution in [2.75, 3.05) is 19.6 Å². The molecule has 5 nitrogen and oxygen atoms in total. The summed E-state index contributed by atoms with van der Waals surface area (Å²) in [6, 6.07) is 7.75.